The number of likely N-dealkylation sites (tertiary alicyclic amines) is 1. The lowest BCUT2D eigenvalue weighted by Crippen LogP contribution is -2.41. The summed E-state index contributed by atoms with van der Waals surface area (Å²) >= 11 is 0. The summed E-state index contributed by atoms with van der Waals surface area (Å²) in [7, 11) is 0. The molecular formula is C19H28N2O4. The lowest BCUT2D eigenvalue weighted by atomic mass is 9.96. The van der Waals surface area contributed by atoms with Crippen LogP contribution in [0.25, 0.3) is 0 Å². The van der Waals surface area contributed by atoms with Crippen molar-refractivity contribution in [3.63, 3.8) is 0 Å². The summed E-state index contributed by atoms with van der Waals surface area (Å²) in [5.41, 5.74) is 1.16. The van der Waals surface area contributed by atoms with Crippen LogP contribution in [0.15, 0.2) is 24.3 Å². The van der Waals surface area contributed by atoms with E-state index < -0.39 is 0 Å². The summed E-state index contributed by atoms with van der Waals surface area (Å²) in [4.78, 5) is 16.7. The molecule has 2 fully saturated rings. The summed E-state index contributed by atoms with van der Waals surface area (Å²) in [6, 6.07) is 7.69. The zero-order chi connectivity index (χ0) is 17.6. The number of morpholine rings is 1. The van der Waals surface area contributed by atoms with E-state index in [1.807, 2.05) is 36.1 Å². The summed E-state index contributed by atoms with van der Waals surface area (Å²) in [6.07, 6.45) is 0. The number of amides is 1. The van der Waals surface area contributed by atoms with Crippen LogP contribution in [-0.2, 0) is 9.53 Å². The van der Waals surface area contributed by atoms with Crippen LogP contribution in [-0.4, -0.2) is 80.0 Å². The fourth-order valence-corrected chi connectivity index (χ4v) is 3.54. The molecule has 6 heteroatoms. The first-order chi connectivity index (χ1) is 12.2. The van der Waals surface area contributed by atoms with E-state index in [0.717, 1.165) is 38.4 Å². The fraction of sp³-hybridized carbons (Fsp3) is 0.632. The molecule has 25 heavy (non-hydrogen) atoms. The molecule has 2 atom stereocenters. The maximum Gasteiger partial charge on any atom is 0.260 e. The first-order valence-corrected chi connectivity index (χ1v) is 9.04. The number of nitrogens with zero attached hydrogens (tertiary/aromatic N) is 2. The molecule has 0 radical (unpaired) electrons. The predicted octanol–water partition coefficient (Wildman–Crippen LogP) is 0.773. The summed E-state index contributed by atoms with van der Waals surface area (Å²) in [5, 5.41) is 9.69. The van der Waals surface area contributed by atoms with Gasteiger partial charge in [0, 0.05) is 45.2 Å². The van der Waals surface area contributed by atoms with Crippen LogP contribution in [0.2, 0.25) is 0 Å². The average molecular weight is 348 g/mol. The number of aliphatic hydroxyl groups is 1. The van der Waals surface area contributed by atoms with Crippen molar-refractivity contribution in [3.8, 4) is 5.75 Å². The number of rotatable bonds is 6. The smallest absolute Gasteiger partial charge is 0.260 e. The number of hydrogen-bond acceptors (Lipinski definition) is 5. The molecule has 1 amide bonds. The highest BCUT2D eigenvalue weighted by Gasteiger charge is 2.36. The van der Waals surface area contributed by atoms with Crippen molar-refractivity contribution in [2.45, 2.75) is 6.92 Å². The highest BCUT2D eigenvalue weighted by molar-refractivity contribution is 5.78. The van der Waals surface area contributed by atoms with Crippen molar-refractivity contribution in [1.29, 1.82) is 0 Å². The number of aliphatic hydroxyl groups excluding tert-OH is 1. The van der Waals surface area contributed by atoms with Gasteiger partial charge in [-0.1, -0.05) is 17.7 Å². The van der Waals surface area contributed by atoms with E-state index in [1.165, 1.54) is 0 Å². The lowest BCUT2D eigenvalue weighted by Gasteiger charge is -2.30. The Morgan fingerprint density at radius 3 is 2.56 bits per heavy atom. The van der Waals surface area contributed by atoms with E-state index in [-0.39, 0.29) is 25.0 Å². The number of aryl methyl sites for hydroxylation is 1. The topological polar surface area (TPSA) is 62.2 Å². The van der Waals surface area contributed by atoms with Crippen molar-refractivity contribution in [2.75, 3.05) is 59.2 Å². The molecule has 0 aliphatic carbocycles. The van der Waals surface area contributed by atoms with Gasteiger partial charge in [0.25, 0.3) is 5.91 Å². The third-order valence-electron chi connectivity index (χ3n) is 5.14. The molecule has 2 aliphatic heterocycles. The van der Waals surface area contributed by atoms with E-state index in [2.05, 4.69) is 4.90 Å². The third-order valence-corrected chi connectivity index (χ3v) is 5.14. The predicted molar refractivity (Wildman–Crippen MR) is 94.6 cm³/mol. The van der Waals surface area contributed by atoms with Crippen LogP contribution in [0.3, 0.4) is 0 Å². The SMILES string of the molecule is Cc1ccc(OCC(=O)N2C[C@@H](CN3CCOCC3)[C@@H](CO)C2)cc1. The summed E-state index contributed by atoms with van der Waals surface area (Å²) in [6.45, 7) is 7.80. The molecule has 138 valence electrons. The van der Waals surface area contributed by atoms with Gasteiger partial charge in [-0.25, -0.2) is 0 Å². The molecule has 0 aromatic heterocycles. The molecule has 2 saturated heterocycles. The largest absolute Gasteiger partial charge is 0.484 e. The molecule has 6 nitrogen and oxygen atoms in total. The first-order valence-electron chi connectivity index (χ1n) is 9.04. The lowest BCUT2D eigenvalue weighted by molar-refractivity contribution is -0.132. The number of hydrogen-bond donors (Lipinski definition) is 1. The van der Waals surface area contributed by atoms with Gasteiger partial charge in [0.1, 0.15) is 5.75 Å². The van der Waals surface area contributed by atoms with Gasteiger partial charge in [0.15, 0.2) is 6.61 Å². The zero-order valence-corrected chi connectivity index (χ0v) is 14.9. The molecule has 2 aliphatic rings. The number of benzene rings is 1. The Bertz CT molecular complexity index is 557. The van der Waals surface area contributed by atoms with Gasteiger partial charge >= 0.3 is 0 Å². The van der Waals surface area contributed by atoms with Crippen LogP contribution in [0, 0.1) is 18.8 Å². The summed E-state index contributed by atoms with van der Waals surface area (Å²) in [5.74, 6) is 1.16. The fourth-order valence-electron chi connectivity index (χ4n) is 3.54. The minimum Gasteiger partial charge on any atom is -0.484 e. The molecule has 1 aromatic carbocycles. The van der Waals surface area contributed by atoms with E-state index in [1.54, 1.807) is 0 Å². The first kappa shape index (κ1) is 18.2. The maximum absolute atomic E-state index is 12.5. The van der Waals surface area contributed by atoms with Crippen molar-refractivity contribution < 1.29 is 19.4 Å². The molecule has 0 saturated carbocycles. The van der Waals surface area contributed by atoms with E-state index in [4.69, 9.17) is 9.47 Å². The van der Waals surface area contributed by atoms with E-state index in [9.17, 15) is 9.90 Å². The Labute approximate surface area is 149 Å². The molecule has 0 spiro atoms. The minimum atomic E-state index is -0.0106. The van der Waals surface area contributed by atoms with E-state index in [0.29, 0.717) is 24.8 Å². The molecular weight excluding hydrogens is 320 g/mol. The van der Waals surface area contributed by atoms with Gasteiger partial charge < -0.3 is 19.5 Å². The van der Waals surface area contributed by atoms with Gasteiger partial charge in [-0.15, -0.1) is 0 Å². The maximum atomic E-state index is 12.5. The summed E-state index contributed by atoms with van der Waals surface area (Å²) < 4.78 is 11.0. The number of ether oxygens (including phenoxy) is 2. The average Bonchev–Trinajstić information content (AvgIpc) is 3.05. The molecule has 0 unspecified atom stereocenters. The highest BCUT2D eigenvalue weighted by Crippen LogP contribution is 2.25. The highest BCUT2D eigenvalue weighted by atomic mass is 16.5. The second kappa shape index (κ2) is 8.65. The quantitative estimate of drug-likeness (QED) is 0.823. The van der Waals surface area contributed by atoms with Crippen molar-refractivity contribution in [1.82, 2.24) is 9.80 Å². The van der Waals surface area contributed by atoms with Gasteiger partial charge in [-0.2, -0.15) is 0 Å². The van der Waals surface area contributed by atoms with E-state index >= 15 is 0 Å². The van der Waals surface area contributed by atoms with Crippen LogP contribution in [0.5, 0.6) is 5.75 Å². The van der Waals surface area contributed by atoms with Gasteiger partial charge in [0.05, 0.1) is 13.2 Å². The Balaban J connectivity index is 1.49. The Morgan fingerprint density at radius 1 is 1.20 bits per heavy atom. The third kappa shape index (κ3) is 4.93. The van der Waals surface area contributed by atoms with Crippen LogP contribution in [0.4, 0.5) is 0 Å². The molecule has 3 rings (SSSR count). The van der Waals surface area contributed by atoms with Crippen molar-refractivity contribution in [2.24, 2.45) is 11.8 Å². The van der Waals surface area contributed by atoms with Crippen molar-refractivity contribution in [3.05, 3.63) is 29.8 Å². The molecule has 2 heterocycles. The monoisotopic (exact) mass is 348 g/mol. The second-order valence-corrected chi connectivity index (χ2v) is 7.02. The van der Waals surface area contributed by atoms with Gasteiger partial charge in [-0.05, 0) is 25.0 Å². The van der Waals surface area contributed by atoms with Gasteiger partial charge in [0.2, 0.25) is 0 Å². The number of carbonyl (C=O) groups is 1. The Kier molecular flexibility index (Phi) is 6.29. The standard InChI is InChI=1S/C19H28N2O4/c1-15-2-4-18(5-3-15)25-14-19(23)21-11-16(17(12-21)13-22)10-20-6-8-24-9-7-20/h2-5,16-17,22H,6-14H2,1H3/t16-,17-/m1/s1. The minimum absolute atomic E-state index is 0.0106. The molecule has 0 bridgehead atoms. The number of carbonyl (C=O) groups excluding carboxylic acids is 1. The van der Waals surface area contributed by atoms with Crippen LogP contribution < -0.4 is 4.74 Å². The zero-order valence-electron chi connectivity index (χ0n) is 14.9. The Morgan fingerprint density at radius 2 is 1.88 bits per heavy atom. The Hall–Kier alpha value is -1.63. The van der Waals surface area contributed by atoms with Crippen LogP contribution in [0.1, 0.15) is 5.56 Å². The second-order valence-electron chi connectivity index (χ2n) is 7.02. The normalized spacial score (nSPS) is 24.5. The van der Waals surface area contributed by atoms with Gasteiger partial charge in [-0.3, -0.25) is 9.69 Å². The molecule has 1 aromatic rings. The van der Waals surface area contributed by atoms with Crippen LogP contribution >= 0.6 is 0 Å². The molecule has 1 N–H and O–H groups in total. The van der Waals surface area contributed by atoms with Crippen molar-refractivity contribution >= 4 is 5.91 Å².